The maximum absolute atomic E-state index is 13.6. The van der Waals surface area contributed by atoms with Crippen molar-refractivity contribution < 1.29 is 8.78 Å². The van der Waals surface area contributed by atoms with Gasteiger partial charge in [0.15, 0.2) is 0 Å². The van der Waals surface area contributed by atoms with Gasteiger partial charge in [0.1, 0.15) is 11.6 Å². The molecule has 5 heteroatoms. The summed E-state index contributed by atoms with van der Waals surface area (Å²) in [4.78, 5) is 4.36. The van der Waals surface area contributed by atoms with Crippen LogP contribution in [0.3, 0.4) is 0 Å². The van der Waals surface area contributed by atoms with Gasteiger partial charge in [-0.3, -0.25) is 0 Å². The van der Waals surface area contributed by atoms with Crippen LogP contribution in [0.25, 0.3) is 0 Å². The van der Waals surface area contributed by atoms with Crippen molar-refractivity contribution in [2.45, 2.75) is 26.3 Å². The second-order valence-electron chi connectivity index (χ2n) is 4.45. The fourth-order valence-electron chi connectivity index (χ4n) is 1.90. The van der Waals surface area contributed by atoms with Gasteiger partial charge in [0, 0.05) is 36.0 Å². The molecule has 1 N–H and O–H groups in total. The zero-order chi connectivity index (χ0) is 13.8. The number of aromatic nitrogens is 1. The van der Waals surface area contributed by atoms with E-state index in [1.807, 2.05) is 19.2 Å². The van der Waals surface area contributed by atoms with E-state index in [9.17, 15) is 8.78 Å². The molecule has 1 unspecified atom stereocenters. The number of benzene rings is 1. The molecule has 2 aromatic rings. The minimum absolute atomic E-state index is 0.152. The lowest BCUT2D eigenvalue weighted by atomic mass is 10.1. The van der Waals surface area contributed by atoms with Gasteiger partial charge in [-0.05, 0) is 19.9 Å². The molecule has 19 heavy (non-hydrogen) atoms. The van der Waals surface area contributed by atoms with Crippen LogP contribution in [0.2, 0.25) is 0 Å². The summed E-state index contributed by atoms with van der Waals surface area (Å²) in [6.07, 6.45) is 0.803. The molecule has 0 saturated carbocycles. The molecule has 0 aliphatic carbocycles. The van der Waals surface area contributed by atoms with Crippen molar-refractivity contribution in [3.05, 3.63) is 51.5 Å². The molecule has 2 rings (SSSR count). The second kappa shape index (κ2) is 6.21. The van der Waals surface area contributed by atoms with Crippen molar-refractivity contribution in [1.29, 1.82) is 0 Å². The lowest BCUT2D eigenvalue weighted by Crippen LogP contribution is -2.22. The van der Waals surface area contributed by atoms with Gasteiger partial charge in [0.25, 0.3) is 0 Å². The molecule has 102 valence electrons. The fourth-order valence-corrected chi connectivity index (χ4v) is 2.55. The predicted octanol–water partition coefficient (Wildman–Crippen LogP) is 3.62. The first kappa shape index (κ1) is 14.1. The number of halogens is 2. The normalized spacial score (nSPS) is 12.6. The van der Waals surface area contributed by atoms with E-state index in [0.717, 1.165) is 23.2 Å². The van der Waals surface area contributed by atoms with E-state index in [0.29, 0.717) is 12.1 Å². The summed E-state index contributed by atoms with van der Waals surface area (Å²) in [6.45, 7) is 4.54. The monoisotopic (exact) mass is 282 g/mol. The first-order chi connectivity index (χ1) is 9.06. The lowest BCUT2D eigenvalue weighted by Gasteiger charge is -2.14. The Balaban J connectivity index is 1.88. The van der Waals surface area contributed by atoms with Crippen molar-refractivity contribution in [2.75, 3.05) is 6.54 Å². The van der Waals surface area contributed by atoms with E-state index < -0.39 is 11.6 Å². The van der Waals surface area contributed by atoms with E-state index in [2.05, 4.69) is 10.3 Å². The number of hydrogen-bond donors (Lipinski definition) is 1. The van der Waals surface area contributed by atoms with Gasteiger partial charge in [-0.15, -0.1) is 11.3 Å². The van der Waals surface area contributed by atoms with Gasteiger partial charge in [0.05, 0.1) is 10.7 Å². The Bertz CT molecular complexity index is 554. The molecule has 0 saturated heterocycles. The number of nitrogens with one attached hydrogen (secondary N) is 1. The lowest BCUT2D eigenvalue weighted by molar-refractivity contribution is 0.519. The number of thiazole rings is 1. The van der Waals surface area contributed by atoms with Gasteiger partial charge in [-0.1, -0.05) is 6.07 Å². The summed E-state index contributed by atoms with van der Waals surface area (Å²) in [7, 11) is 0. The quantitative estimate of drug-likeness (QED) is 0.906. The second-order valence-corrected chi connectivity index (χ2v) is 5.51. The molecule has 0 spiro atoms. The summed E-state index contributed by atoms with van der Waals surface area (Å²) >= 11 is 1.62. The third-order valence-electron chi connectivity index (χ3n) is 2.93. The summed E-state index contributed by atoms with van der Waals surface area (Å²) < 4.78 is 26.4. The Morgan fingerprint density at radius 1 is 1.37 bits per heavy atom. The Kier molecular flexibility index (Phi) is 4.61. The maximum Gasteiger partial charge on any atom is 0.130 e. The molecule has 2 nitrogen and oxygen atoms in total. The average Bonchev–Trinajstić information content (AvgIpc) is 2.75. The largest absolute Gasteiger partial charge is 0.310 e. The van der Waals surface area contributed by atoms with Crippen LogP contribution in [0.15, 0.2) is 23.6 Å². The summed E-state index contributed by atoms with van der Waals surface area (Å²) in [5.74, 6) is -1.06. The number of aryl methyl sites for hydroxylation is 1. The molecule has 1 aromatic heterocycles. The van der Waals surface area contributed by atoms with Crippen LogP contribution < -0.4 is 5.32 Å². The predicted molar refractivity (Wildman–Crippen MR) is 73.3 cm³/mol. The zero-order valence-corrected chi connectivity index (χ0v) is 11.7. The third kappa shape index (κ3) is 3.81. The first-order valence-corrected chi connectivity index (χ1v) is 7.03. The highest BCUT2D eigenvalue weighted by atomic mass is 32.1. The SMILES string of the molecule is Cc1nc(CCNC(C)c2ccc(F)cc2F)cs1. The van der Waals surface area contributed by atoms with E-state index in [4.69, 9.17) is 0 Å². The molecule has 0 aliphatic rings. The highest BCUT2D eigenvalue weighted by molar-refractivity contribution is 7.09. The molecule has 0 fully saturated rings. The van der Waals surface area contributed by atoms with E-state index in [-0.39, 0.29) is 6.04 Å². The summed E-state index contributed by atoms with van der Waals surface area (Å²) in [5, 5.41) is 6.30. The maximum atomic E-state index is 13.6. The van der Waals surface area contributed by atoms with Crippen LogP contribution in [0.5, 0.6) is 0 Å². The fraction of sp³-hybridized carbons (Fsp3) is 0.357. The smallest absolute Gasteiger partial charge is 0.130 e. The minimum Gasteiger partial charge on any atom is -0.310 e. The number of hydrogen-bond acceptors (Lipinski definition) is 3. The van der Waals surface area contributed by atoms with E-state index in [1.54, 1.807) is 11.3 Å². The molecular weight excluding hydrogens is 266 g/mol. The van der Waals surface area contributed by atoms with Crippen LogP contribution >= 0.6 is 11.3 Å². The Labute approximate surface area is 115 Å². The van der Waals surface area contributed by atoms with Crippen LogP contribution in [-0.4, -0.2) is 11.5 Å². The molecule has 1 atom stereocenters. The molecular formula is C14H16F2N2S. The highest BCUT2D eigenvalue weighted by Crippen LogP contribution is 2.17. The van der Waals surface area contributed by atoms with Crippen LogP contribution in [0, 0.1) is 18.6 Å². The first-order valence-electron chi connectivity index (χ1n) is 6.15. The van der Waals surface area contributed by atoms with E-state index in [1.165, 1.54) is 12.1 Å². The number of rotatable bonds is 5. The number of nitrogens with zero attached hydrogens (tertiary/aromatic N) is 1. The summed E-state index contributed by atoms with van der Waals surface area (Å²) in [5.41, 5.74) is 1.53. The Morgan fingerprint density at radius 3 is 2.79 bits per heavy atom. The van der Waals surface area contributed by atoms with Crippen molar-refractivity contribution >= 4 is 11.3 Å². The van der Waals surface area contributed by atoms with E-state index >= 15 is 0 Å². The average molecular weight is 282 g/mol. The van der Waals surface area contributed by atoms with Crippen molar-refractivity contribution in [3.63, 3.8) is 0 Å². The van der Waals surface area contributed by atoms with Gasteiger partial charge in [-0.2, -0.15) is 0 Å². The summed E-state index contributed by atoms with van der Waals surface area (Å²) in [6, 6.07) is 3.52. The molecule has 0 bridgehead atoms. The molecule has 0 amide bonds. The van der Waals surface area contributed by atoms with Gasteiger partial charge < -0.3 is 5.32 Å². The highest BCUT2D eigenvalue weighted by Gasteiger charge is 2.11. The molecule has 0 aliphatic heterocycles. The van der Waals surface area contributed by atoms with Gasteiger partial charge in [0.2, 0.25) is 0 Å². The van der Waals surface area contributed by atoms with Crippen LogP contribution in [0.1, 0.15) is 29.2 Å². The molecule has 0 radical (unpaired) electrons. The Morgan fingerprint density at radius 2 is 2.16 bits per heavy atom. The van der Waals surface area contributed by atoms with Gasteiger partial charge in [-0.25, -0.2) is 13.8 Å². The standard InChI is InChI=1S/C14H16F2N2S/c1-9(13-4-3-11(15)7-14(13)16)17-6-5-12-8-19-10(2)18-12/h3-4,7-9,17H,5-6H2,1-2H3. The topological polar surface area (TPSA) is 24.9 Å². The molecule has 1 aromatic carbocycles. The van der Waals surface area contributed by atoms with Crippen molar-refractivity contribution in [2.24, 2.45) is 0 Å². The van der Waals surface area contributed by atoms with Gasteiger partial charge >= 0.3 is 0 Å². The minimum atomic E-state index is -0.550. The third-order valence-corrected chi connectivity index (χ3v) is 3.75. The zero-order valence-electron chi connectivity index (χ0n) is 10.9. The van der Waals surface area contributed by atoms with Crippen LogP contribution in [0.4, 0.5) is 8.78 Å². The van der Waals surface area contributed by atoms with Crippen molar-refractivity contribution in [3.8, 4) is 0 Å². The Hall–Kier alpha value is -1.33. The van der Waals surface area contributed by atoms with Crippen LogP contribution in [-0.2, 0) is 6.42 Å². The van der Waals surface area contributed by atoms with Crippen molar-refractivity contribution in [1.82, 2.24) is 10.3 Å². The molecule has 1 heterocycles.